The maximum atomic E-state index is 12.4. The Labute approximate surface area is 544 Å². The molecule has 0 saturated carbocycles. The molecule has 18 aliphatic rings. The Kier molecular flexibility index (Phi) is 23.0. The van der Waals surface area contributed by atoms with Gasteiger partial charge < -0.3 is 163 Å². The topological polar surface area (TPSA) is 498 Å². The van der Waals surface area contributed by atoms with Crippen molar-refractivity contribution in [2.24, 2.45) is 5.92 Å². The number of nitrogens with zero attached hydrogens (tertiary/aromatic N) is 1. The van der Waals surface area contributed by atoms with Gasteiger partial charge in [-0.05, 0) is 29.3 Å². The third kappa shape index (κ3) is 13.9. The van der Waals surface area contributed by atoms with Crippen LogP contribution in [0.15, 0.2) is 54.7 Å². The molecule has 19 heterocycles. The van der Waals surface area contributed by atoms with Gasteiger partial charge in [0.25, 0.3) is 0 Å². The molecular formula is C59H83NO32S2. The molecule has 0 spiro atoms. The van der Waals surface area contributed by atoms with Crippen molar-refractivity contribution in [2.45, 2.75) is 227 Å². The van der Waals surface area contributed by atoms with E-state index in [1.165, 1.54) is 30.4 Å². The van der Waals surface area contributed by atoms with Crippen LogP contribution in [-0.4, -0.2) is 350 Å². The van der Waals surface area contributed by atoms with E-state index in [0.717, 1.165) is 27.7 Å². The fraction of sp³-hybridized carbons (Fsp3) is 0.763. The molecule has 7 fully saturated rings. The Morgan fingerprint density at radius 1 is 0.351 bits per heavy atom. The highest BCUT2D eigenvalue weighted by atomic mass is 32.2. The molecule has 1 aromatic heterocycles. The first kappa shape index (κ1) is 71.2. The highest BCUT2D eigenvalue weighted by Crippen LogP contribution is 2.42. The zero-order valence-corrected chi connectivity index (χ0v) is 51.9. The maximum absolute atomic E-state index is 12.4. The molecule has 3 aromatic rings. The largest absolute Gasteiger partial charge is 0.394 e. The van der Waals surface area contributed by atoms with E-state index in [-0.39, 0.29) is 17.3 Å². The number of aromatic nitrogens is 1. The molecule has 2 aromatic carbocycles. The number of hydrogen-bond donors (Lipinski definition) is 18. The van der Waals surface area contributed by atoms with Crippen LogP contribution in [0.4, 0.5) is 0 Å². The highest BCUT2D eigenvalue weighted by Gasteiger charge is 2.59. The Morgan fingerprint density at radius 2 is 0.670 bits per heavy atom. The lowest BCUT2D eigenvalue weighted by Crippen LogP contribution is -2.68. The second-order valence-electron chi connectivity index (χ2n) is 24.9. The first-order valence-electron chi connectivity index (χ1n) is 31.1. The van der Waals surface area contributed by atoms with E-state index < -0.39 is 248 Å². The summed E-state index contributed by atoms with van der Waals surface area (Å²) in [7, 11) is 0. The molecule has 21 rings (SSSR count). The van der Waals surface area contributed by atoms with Crippen molar-refractivity contribution in [3.05, 3.63) is 65.9 Å². The van der Waals surface area contributed by atoms with Crippen molar-refractivity contribution in [3.8, 4) is 5.69 Å². The molecule has 18 bridgehead atoms. The number of aliphatic hydroxyl groups is 18. The number of thioether (sulfide) groups is 2. The number of fused-ring (bicyclic) bond motifs is 4. The third-order valence-corrected chi connectivity index (χ3v) is 21.0. The number of benzene rings is 2. The summed E-state index contributed by atoms with van der Waals surface area (Å²) in [6.07, 6.45) is -61.2. The van der Waals surface area contributed by atoms with Gasteiger partial charge in [-0.25, -0.2) is 0 Å². The number of aliphatic hydroxyl groups excluding tert-OH is 18. The van der Waals surface area contributed by atoms with Gasteiger partial charge in [0, 0.05) is 46.2 Å². The predicted octanol–water partition coefficient (Wildman–Crippen LogP) is -7.82. The maximum Gasteiger partial charge on any atom is 0.187 e. The van der Waals surface area contributed by atoms with E-state index in [9.17, 15) is 91.9 Å². The van der Waals surface area contributed by atoms with E-state index in [2.05, 4.69) is 0 Å². The van der Waals surface area contributed by atoms with Crippen LogP contribution in [0.25, 0.3) is 16.6 Å². The summed E-state index contributed by atoms with van der Waals surface area (Å²) in [5.74, 6) is -0.696. The Balaban J connectivity index is 0.936. The van der Waals surface area contributed by atoms with Crippen LogP contribution in [0.1, 0.15) is 18.1 Å². The van der Waals surface area contributed by atoms with Gasteiger partial charge in [0.2, 0.25) is 0 Å². The van der Waals surface area contributed by atoms with Crippen LogP contribution in [0.5, 0.6) is 0 Å². The van der Waals surface area contributed by atoms with Gasteiger partial charge in [0.1, 0.15) is 146 Å². The lowest BCUT2D eigenvalue weighted by Gasteiger charge is -2.50. The molecule has 0 amide bonds. The fourth-order valence-corrected chi connectivity index (χ4v) is 15.6. The van der Waals surface area contributed by atoms with Gasteiger partial charge in [-0.15, -0.1) is 0 Å². The summed E-state index contributed by atoms with van der Waals surface area (Å²) >= 11 is 2.58. The molecule has 0 aliphatic carbocycles. The zero-order valence-electron chi connectivity index (χ0n) is 50.3. The van der Waals surface area contributed by atoms with Gasteiger partial charge in [-0.1, -0.05) is 37.3 Å². The molecule has 94 heavy (non-hydrogen) atoms. The summed E-state index contributed by atoms with van der Waals surface area (Å²) in [6, 6.07) is 15.2. The zero-order chi connectivity index (χ0) is 66.7. The number of rotatable bonds is 5. The molecular weight excluding hydrogens is 1300 g/mol. The Morgan fingerprint density at radius 3 is 1.06 bits per heavy atom. The van der Waals surface area contributed by atoms with Gasteiger partial charge in [0.15, 0.2) is 44.0 Å². The number of para-hydroxylation sites is 1. The van der Waals surface area contributed by atoms with Crippen LogP contribution >= 0.6 is 23.5 Å². The van der Waals surface area contributed by atoms with Gasteiger partial charge in [-0.2, -0.15) is 23.5 Å². The normalized spacial score (nSPS) is 48.5. The molecule has 35 unspecified atom stereocenters. The fourth-order valence-electron chi connectivity index (χ4n) is 13.5. The van der Waals surface area contributed by atoms with Gasteiger partial charge >= 0.3 is 0 Å². The quantitative estimate of drug-likeness (QED) is 0.113. The minimum atomic E-state index is -2.16. The average Bonchev–Trinajstić information content (AvgIpc) is 1.03. The Hall–Kier alpha value is -2.60. The van der Waals surface area contributed by atoms with E-state index in [4.69, 9.17) is 66.3 Å². The Bertz CT molecular complexity index is 2920. The van der Waals surface area contributed by atoms with Crippen LogP contribution in [0.3, 0.4) is 0 Å². The lowest BCUT2D eigenvalue weighted by atomic mass is 9.91. The predicted molar refractivity (Wildman–Crippen MR) is 313 cm³/mol. The summed E-state index contributed by atoms with van der Waals surface area (Å²) in [6.45, 7) is -3.39. The number of ether oxygens (including phenoxy) is 14. The smallest absolute Gasteiger partial charge is 0.187 e. The van der Waals surface area contributed by atoms with Crippen LogP contribution in [-0.2, 0) is 77.8 Å². The van der Waals surface area contributed by atoms with Crippen LogP contribution < -0.4 is 0 Å². The summed E-state index contributed by atoms with van der Waals surface area (Å²) < 4.78 is 87.4. The highest BCUT2D eigenvalue weighted by molar-refractivity contribution is 7.98. The molecule has 33 nitrogen and oxygen atoms in total. The van der Waals surface area contributed by atoms with Crippen molar-refractivity contribution in [1.82, 2.24) is 4.57 Å². The SMILES string of the molecule is CC1C2OC3CSCc4cn(c5ccccc45)-c4ccc(cc4)CSCC4OC(OC5C(CO)OC(OC6C(CO)OC(OC3C1O)C(O)C6O)C(O)C5O)C(O)C(O)C4OC1OC(CO)C(OC3OC(CO)C(OC4OC(CO)C(O2)C(O)C4O)C(O)C3O)C(O)C1O. The van der Waals surface area contributed by atoms with Crippen molar-refractivity contribution in [2.75, 3.05) is 44.5 Å². The van der Waals surface area contributed by atoms with E-state index in [1.54, 1.807) is 0 Å². The molecule has 35 heteroatoms. The molecule has 7 saturated heterocycles. The van der Waals surface area contributed by atoms with E-state index in [1.807, 2.05) is 59.3 Å². The first-order valence-corrected chi connectivity index (χ1v) is 33.4. The van der Waals surface area contributed by atoms with Gasteiger partial charge in [-0.3, -0.25) is 0 Å². The van der Waals surface area contributed by atoms with Crippen LogP contribution in [0, 0.1) is 5.92 Å². The second-order valence-corrected chi connectivity index (χ2v) is 27.0. The third-order valence-electron chi connectivity index (χ3n) is 18.9. The monoisotopic (exact) mass is 1380 g/mol. The summed E-state index contributed by atoms with van der Waals surface area (Å²) in [5.41, 5.74) is 3.26. The molecule has 35 atom stereocenters. The van der Waals surface area contributed by atoms with Crippen LogP contribution in [0.2, 0.25) is 0 Å². The van der Waals surface area contributed by atoms with Crippen molar-refractivity contribution >= 4 is 34.4 Å². The second kappa shape index (κ2) is 30.3. The number of hydrogen-bond acceptors (Lipinski definition) is 34. The minimum Gasteiger partial charge on any atom is -0.394 e. The molecule has 18 N–H and O–H groups in total. The minimum absolute atomic E-state index is 0.0189. The van der Waals surface area contributed by atoms with Crippen molar-refractivity contribution in [3.63, 3.8) is 0 Å². The van der Waals surface area contributed by atoms with E-state index >= 15 is 0 Å². The van der Waals surface area contributed by atoms with E-state index in [0.29, 0.717) is 5.75 Å². The van der Waals surface area contributed by atoms with Crippen molar-refractivity contribution in [1.29, 1.82) is 0 Å². The molecule has 18 aliphatic heterocycles. The summed E-state index contributed by atoms with van der Waals surface area (Å²) in [5, 5.41) is 208. The molecule has 0 radical (unpaired) electrons. The first-order chi connectivity index (χ1) is 45.2. The molecule has 528 valence electrons. The average molecular weight is 1380 g/mol. The summed E-state index contributed by atoms with van der Waals surface area (Å²) in [4.78, 5) is 0. The lowest BCUT2D eigenvalue weighted by molar-refractivity contribution is -0.394. The van der Waals surface area contributed by atoms with Gasteiger partial charge in [0.05, 0.1) is 56.9 Å². The standard InChI is InChI=1S/C59H83NO32S2/c1-20-33(66)51-31-19-94-17-22-10-60(25-5-3-2-4-24(22)25)23-8-6-21(7-9-23)16-93-18-32-52(39(72)45(78)59(85-32)90-50-30(15-65)81-56(42(75)36(50)69)88-48-28(13-63)82-57(91-51)43(76)37(48)70)92-58-44(77)38(71)49(29(14-64)83-58)89-55-41(74)35(68)47(27(12-62)80-55)87-54-40(73)34(67)46(26(11-61)79-54)86-53(20)84-31/h2-10,20,26-59,61-78H,11-19H2,1H3. The van der Waals surface area contributed by atoms with Crippen molar-refractivity contribution < 1.29 is 158 Å².